The van der Waals surface area contributed by atoms with Gasteiger partial charge >= 0.3 is 0 Å². The van der Waals surface area contributed by atoms with Gasteiger partial charge in [0.05, 0.1) is 10.7 Å². The first-order chi connectivity index (χ1) is 9.50. The van der Waals surface area contributed by atoms with Gasteiger partial charge in [0.15, 0.2) is 5.69 Å². The van der Waals surface area contributed by atoms with Crippen LogP contribution in [0.1, 0.15) is 28.7 Å². The fraction of sp³-hybridized carbons (Fsp3) is 0.333. The Hall–Kier alpha value is -1.81. The summed E-state index contributed by atoms with van der Waals surface area (Å²) in [6, 6.07) is 8.10. The van der Waals surface area contributed by atoms with Gasteiger partial charge in [-0.25, -0.2) is 0 Å². The van der Waals surface area contributed by atoms with Gasteiger partial charge in [0.1, 0.15) is 0 Å². The molecule has 1 aromatic heterocycles. The highest BCUT2D eigenvalue weighted by atomic mass is 35.5. The quantitative estimate of drug-likeness (QED) is 0.809. The first-order valence-corrected chi connectivity index (χ1v) is 6.99. The maximum absolute atomic E-state index is 12.8. The highest BCUT2D eigenvalue weighted by Gasteiger charge is 2.33. The zero-order chi connectivity index (χ0) is 14.4. The number of halogens is 1. The Labute approximate surface area is 123 Å². The van der Waals surface area contributed by atoms with Crippen LogP contribution in [0.3, 0.4) is 0 Å². The molecule has 1 unspecified atom stereocenters. The van der Waals surface area contributed by atoms with Gasteiger partial charge in [-0.15, -0.1) is 0 Å². The number of amides is 1. The number of benzene rings is 1. The molecule has 20 heavy (non-hydrogen) atoms. The number of aromatic nitrogens is 2. The third kappa shape index (κ3) is 1.83. The van der Waals surface area contributed by atoms with Crippen LogP contribution in [0, 0.1) is 6.92 Å². The smallest absolute Gasteiger partial charge is 0.280 e. The van der Waals surface area contributed by atoms with E-state index in [-0.39, 0.29) is 11.9 Å². The third-order valence-electron chi connectivity index (χ3n) is 3.89. The van der Waals surface area contributed by atoms with Gasteiger partial charge in [-0.3, -0.25) is 9.48 Å². The molecule has 1 aromatic carbocycles. The lowest BCUT2D eigenvalue weighted by molar-refractivity contribution is 0.0976. The maximum Gasteiger partial charge on any atom is 0.280 e. The van der Waals surface area contributed by atoms with Gasteiger partial charge in [0.2, 0.25) is 0 Å². The van der Waals surface area contributed by atoms with E-state index in [4.69, 9.17) is 11.6 Å². The maximum atomic E-state index is 12.8. The predicted molar refractivity (Wildman–Crippen MR) is 79.4 cm³/mol. The molecular formula is C15H16ClN3O. The fourth-order valence-corrected chi connectivity index (χ4v) is 2.95. The Morgan fingerprint density at radius 1 is 1.40 bits per heavy atom. The molecule has 0 radical (unpaired) electrons. The lowest BCUT2D eigenvalue weighted by atomic mass is 10.1. The molecule has 4 nitrogen and oxygen atoms in total. The summed E-state index contributed by atoms with van der Waals surface area (Å²) in [4.78, 5) is 14.6. The van der Waals surface area contributed by atoms with E-state index in [1.807, 2.05) is 32.0 Å². The SMILES string of the molecule is Cc1c(Cl)c(C(=O)N2c3ccccc3CC2C)nn1C. The van der Waals surface area contributed by atoms with Crippen LogP contribution in [0.5, 0.6) is 0 Å². The molecule has 0 fully saturated rings. The van der Waals surface area contributed by atoms with Crippen LogP contribution in [0.2, 0.25) is 5.02 Å². The summed E-state index contributed by atoms with van der Waals surface area (Å²) in [5.74, 6) is -0.129. The van der Waals surface area contributed by atoms with Crippen LogP contribution in [0.15, 0.2) is 24.3 Å². The number of nitrogens with zero attached hydrogens (tertiary/aromatic N) is 3. The molecule has 1 aliphatic heterocycles. The molecule has 2 aromatic rings. The topological polar surface area (TPSA) is 38.1 Å². The first kappa shape index (κ1) is 13.2. The highest BCUT2D eigenvalue weighted by molar-refractivity contribution is 6.35. The van der Waals surface area contributed by atoms with Crippen molar-refractivity contribution in [2.45, 2.75) is 26.3 Å². The average Bonchev–Trinajstić information content (AvgIpc) is 2.89. The van der Waals surface area contributed by atoms with E-state index in [1.165, 1.54) is 5.56 Å². The Morgan fingerprint density at radius 2 is 2.10 bits per heavy atom. The summed E-state index contributed by atoms with van der Waals surface area (Å²) in [5, 5.41) is 4.69. The standard InChI is InChI=1S/C15H16ClN3O/c1-9-8-11-6-4-5-7-12(11)19(9)15(20)14-13(16)10(2)18(3)17-14/h4-7,9H,8H2,1-3H3. The number of carbonyl (C=O) groups is 1. The van der Waals surface area contributed by atoms with E-state index < -0.39 is 0 Å². The molecule has 0 bridgehead atoms. The Kier molecular flexibility index (Phi) is 3.05. The van der Waals surface area contributed by atoms with Crippen LogP contribution in [0.4, 0.5) is 5.69 Å². The van der Waals surface area contributed by atoms with Crippen molar-refractivity contribution in [1.29, 1.82) is 0 Å². The predicted octanol–water partition coefficient (Wildman–Crippen LogP) is 2.97. The zero-order valence-corrected chi connectivity index (χ0v) is 12.5. The summed E-state index contributed by atoms with van der Waals surface area (Å²) in [6.07, 6.45) is 0.866. The van der Waals surface area contributed by atoms with E-state index in [0.29, 0.717) is 10.7 Å². The number of hydrogen-bond donors (Lipinski definition) is 0. The van der Waals surface area contributed by atoms with Crippen molar-refractivity contribution >= 4 is 23.2 Å². The van der Waals surface area contributed by atoms with Crippen molar-refractivity contribution in [1.82, 2.24) is 9.78 Å². The van der Waals surface area contributed by atoms with E-state index in [1.54, 1.807) is 16.6 Å². The van der Waals surface area contributed by atoms with Crippen molar-refractivity contribution in [3.8, 4) is 0 Å². The minimum atomic E-state index is -0.129. The number of anilines is 1. The van der Waals surface area contributed by atoms with E-state index in [2.05, 4.69) is 11.2 Å². The summed E-state index contributed by atoms with van der Waals surface area (Å²) >= 11 is 6.23. The molecule has 3 rings (SSSR count). The van der Waals surface area contributed by atoms with Crippen molar-refractivity contribution in [3.63, 3.8) is 0 Å². The molecule has 0 saturated heterocycles. The van der Waals surface area contributed by atoms with Gasteiger partial charge in [-0.05, 0) is 31.9 Å². The second kappa shape index (κ2) is 4.63. The first-order valence-electron chi connectivity index (χ1n) is 6.61. The molecule has 0 aliphatic carbocycles. The molecule has 0 N–H and O–H groups in total. The van der Waals surface area contributed by atoms with Crippen molar-refractivity contribution in [3.05, 3.63) is 46.2 Å². The van der Waals surface area contributed by atoms with Gasteiger partial charge in [0, 0.05) is 18.8 Å². The van der Waals surface area contributed by atoms with E-state index in [0.717, 1.165) is 17.8 Å². The van der Waals surface area contributed by atoms with Crippen LogP contribution in [-0.4, -0.2) is 21.7 Å². The number of hydrogen-bond acceptors (Lipinski definition) is 2. The van der Waals surface area contributed by atoms with Crippen molar-refractivity contribution in [2.75, 3.05) is 4.90 Å². The summed E-state index contributed by atoms with van der Waals surface area (Å²) in [6.45, 7) is 3.90. The molecule has 5 heteroatoms. The number of carbonyl (C=O) groups excluding carboxylic acids is 1. The average molecular weight is 290 g/mol. The number of para-hydroxylation sites is 1. The zero-order valence-electron chi connectivity index (χ0n) is 11.7. The van der Waals surface area contributed by atoms with E-state index in [9.17, 15) is 4.79 Å². The fourth-order valence-electron chi connectivity index (χ4n) is 2.71. The number of aryl methyl sites for hydroxylation is 1. The summed E-state index contributed by atoms with van der Waals surface area (Å²) < 4.78 is 1.64. The second-order valence-corrected chi connectivity index (χ2v) is 5.61. The molecule has 104 valence electrons. The van der Waals surface area contributed by atoms with Crippen molar-refractivity contribution in [2.24, 2.45) is 7.05 Å². The highest BCUT2D eigenvalue weighted by Crippen LogP contribution is 2.34. The van der Waals surface area contributed by atoms with Crippen LogP contribution >= 0.6 is 11.6 Å². The van der Waals surface area contributed by atoms with Gasteiger partial charge in [-0.2, -0.15) is 5.10 Å². The molecule has 1 aliphatic rings. The Balaban J connectivity index is 2.05. The molecular weight excluding hydrogens is 274 g/mol. The number of rotatable bonds is 1. The van der Waals surface area contributed by atoms with Crippen LogP contribution < -0.4 is 4.90 Å². The lowest BCUT2D eigenvalue weighted by Gasteiger charge is -2.21. The largest absolute Gasteiger partial charge is 0.304 e. The Morgan fingerprint density at radius 3 is 2.75 bits per heavy atom. The van der Waals surface area contributed by atoms with Gasteiger partial charge in [-0.1, -0.05) is 29.8 Å². The molecule has 1 amide bonds. The lowest BCUT2D eigenvalue weighted by Crippen LogP contribution is -2.36. The molecule has 0 saturated carbocycles. The molecule has 1 atom stereocenters. The number of fused-ring (bicyclic) bond motifs is 1. The second-order valence-electron chi connectivity index (χ2n) is 5.23. The van der Waals surface area contributed by atoms with E-state index >= 15 is 0 Å². The molecule has 2 heterocycles. The minimum absolute atomic E-state index is 0.123. The van der Waals surface area contributed by atoms with Gasteiger partial charge < -0.3 is 4.90 Å². The van der Waals surface area contributed by atoms with Gasteiger partial charge in [0.25, 0.3) is 5.91 Å². The summed E-state index contributed by atoms with van der Waals surface area (Å²) in [5.41, 5.74) is 3.28. The summed E-state index contributed by atoms with van der Waals surface area (Å²) in [7, 11) is 1.79. The normalized spacial score (nSPS) is 17.4. The molecule has 0 spiro atoms. The Bertz CT molecular complexity index is 692. The van der Waals surface area contributed by atoms with Crippen LogP contribution in [-0.2, 0) is 13.5 Å². The van der Waals surface area contributed by atoms with Crippen molar-refractivity contribution < 1.29 is 4.79 Å². The minimum Gasteiger partial charge on any atom is -0.304 e. The third-order valence-corrected chi connectivity index (χ3v) is 4.34. The monoisotopic (exact) mass is 289 g/mol. The van der Waals surface area contributed by atoms with Crippen LogP contribution in [0.25, 0.3) is 0 Å².